The molecule has 108 valence electrons. The Morgan fingerprint density at radius 3 is 2.71 bits per heavy atom. The summed E-state index contributed by atoms with van der Waals surface area (Å²) in [5.74, 6) is 0.847. The first-order valence-electron chi connectivity index (χ1n) is 7.52. The summed E-state index contributed by atoms with van der Waals surface area (Å²) in [6, 6.07) is 10.0. The smallest absolute Gasteiger partial charge is 0.157 e. The van der Waals surface area contributed by atoms with Crippen LogP contribution in [0, 0.1) is 12.8 Å². The van der Waals surface area contributed by atoms with Gasteiger partial charge in [0, 0.05) is 18.2 Å². The van der Waals surface area contributed by atoms with E-state index < -0.39 is 0 Å². The molecule has 0 unspecified atom stereocenters. The molecule has 0 amide bonds. The maximum absolute atomic E-state index is 9.90. The van der Waals surface area contributed by atoms with Crippen molar-refractivity contribution < 1.29 is 10.2 Å². The van der Waals surface area contributed by atoms with Gasteiger partial charge in [-0.25, -0.2) is 0 Å². The first kappa shape index (κ1) is 12.6. The van der Waals surface area contributed by atoms with E-state index in [2.05, 4.69) is 30.4 Å². The highest BCUT2D eigenvalue weighted by atomic mass is 16.3. The molecule has 0 spiro atoms. The van der Waals surface area contributed by atoms with E-state index in [1.807, 2.05) is 0 Å². The number of rotatable bonds is 0. The van der Waals surface area contributed by atoms with E-state index in [4.69, 9.17) is 0 Å². The van der Waals surface area contributed by atoms with Crippen molar-refractivity contribution in [1.29, 1.82) is 0 Å². The highest BCUT2D eigenvalue weighted by molar-refractivity contribution is 5.62. The van der Waals surface area contributed by atoms with Gasteiger partial charge in [-0.05, 0) is 60.6 Å². The predicted octanol–water partition coefficient (Wildman–Crippen LogP) is 3.53. The van der Waals surface area contributed by atoms with Crippen LogP contribution in [-0.2, 0) is 6.42 Å². The van der Waals surface area contributed by atoms with Crippen LogP contribution in [0.2, 0.25) is 0 Å². The Hall–Kier alpha value is -2.16. The molecule has 1 aliphatic heterocycles. The van der Waals surface area contributed by atoms with E-state index in [1.165, 1.54) is 27.9 Å². The van der Waals surface area contributed by atoms with E-state index in [-0.39, 0.29) is 11.5 Å². The van der Waals surface area contributed by atoms with Gasteiger partial charge < -0.3 is 15.5 Å². The number of hydrogen-bond acceptors (Lipinski definition) is 3. The maximum Gasteiger partial charge on any atom is 0.157 e. The molecular weight excluding hydrogens is 262 g/mol. The summed E-state index contributed by atoms with van der Waals surface area (Å²) in [4.78, 5) is 0. The fourth-order valence-corrected chi connectivity index (χ4v) is 3.89. The topological polar surface area (TPSA) is 52.5 Å². The van der Waals surface area contributed by atoms with Crippen LogP contribution in [0.1, 0.15) is 34.6 Å². The van der Waals surface area contributed by atoms with E-state index in [0.29, 0.717) is 11.8 Å². The van der Waals surface area contributed by atoms with Gasteiger partial charge in [-0.2, -0.15) is 0 Å². The molecule has 3 N–H and O–H groups in total. The number of benzene rings is 2. The van der Waals surface area contributed by atoms with Crippen LogP contribution in [-0.4, -0.2) is 16.8 Å². The molecule has 2 aromatic carbocycles. The van der Waals surface area contributed by atoms with Gasteiger partial charge in [0.1, 0.15) is 0 Å². The summed E-state index contributed by atoms with van der Waals surface area (Å²) in [6.07, 6.45) is 2.08. The molecule has 1 aliphatic carbocycles. The van der Waals surface area contributed by atoms with Crippen molar-refractivity contribution in [2.24, 2.45) is 5.92 Å². The standard InChI is InChI=1S/C18H19NO2/c1-10-2-5-15-14(6-10)18-12(9-19-15)4-3-11-7-16(20)17(21)8-13(11)18/h2,5-8,12,18-21H,3-4,9H2,1H3/t12-,18-/m0/s1. The minimum atomic E-state index is -0.0119. The lowest BCUT2D eigenvalue weighted by Crippen LogP contribution is -2.32. The quantitative estimate of drug-likeness (QED) is 0.648. The largest absolute Gasteiger partial charge is 0.504 e. The van der Waals surface area contributed by atoms with Gasteiger partial charge in [-0.15, -0.1) is 0 Å². The molecular formula is C18H19NO2. The zero-order valence-electron chi connectivity index (χ0n) is 12.1. The van der Waals surface area contributed by atoms with Crippen molar-refractivity contribution in [2.75, 3.05) is 11.9 Å². The monoisotopic (exact) mass is 281 g/mol. The van der Waals surface area contributed by atoms with Crippen molar-refractivity contribution in [1.82, 2.24) is 0 Å². The summed E-state index contributed by atoms with van der Waals surface area (Å²) < 4.78 is 0. The molecule has 21 heavy (non-hydrogen) atoms. The fraction of sp³-hybridized carbons (Fsp3) is 0.333. The zero-order chi connectivity index (χ0) is 14.6. The Kier molecular flexibility index (Phi) is 2.64. The fourth-order valence-electron chi connectivity index (χ4n) is 3.89. The minimum absolute atomic E-state index is 0.00870. The van der Waals surface area contributed by atoms with Crippen molar-refractivity contribution in [3.05, 3.63) is 52.6 Å². The first-order valence-corrected chi connectivity index (χ1v) is 7.52. The number of nitrogens with one attached hydrogen (secondary N) is 1. The van der Waals surface area contributed by atoms with Crippen LogP contribution in [0.25, 0.3) is 0 Å². The van der Waals surface area contributed by atoms with Gasteiger partial charge >= 0.3 is 0 Å². The molecule has 2 atom stereocenters. The number of fused-ring (bicyclic) bond motifs is 5. The Bertz CT molecular complexity index is 723. The Morgan fingerprint density at radius 1 is 1.05 bits per heavy atom. The lowest BCUT2D eigenvalue weighted by Gasteiger charge is -2.39. The third kappa shape index (κ3) is 1.88. The molecule has 0 fully saturated rings. The van der Waals surface area contributed by atoms with Crippen LogP contribution >= 0.6 is 0 Å². The van der Waals surface area contributed by atoms with Crippen molar-refractivity contribution in [2.45, 2.75) is 25.7 Å². The van der Waals surface area contributed by atoms with Crippen LogP contribution < -0.4 is 5.32 Å². The Labute approximate surface area is 124 Å². The van der Waals surface area contributed by atoms with Gasteiger partial charge in [-0.1, -0.05) is 17.7 Å². The number of hydrogen-bond donors (Lipinski definition) is 3. The van der Waals surface area contributed by atoms with Crippen LogP contribution in [0.5, 0.6) is 11.5 Å². The predicted molar refractivity (Wildman–Crippen MR) is 83.1 cm³/mol. The summed E-state index contributed by atoms with van der Waals surface area (Å²) in [5.41, 5.74) is 6.11. The Balaban J connectivity index is 1.92. The van der Waals surface area contributed by atoms with Crippen LogP contribution in [0.3, 0.4) is 0 Å². The summed E-state index contributed by atoms with van der Waals surface area (Å²) in [6.45, 7) is 3.09. The first-order chi connectivity index (χ1) is 10.1. The molecule has 0 saturated heterocycles. The molecule has 0 radical (unpaired) electrons. The van der Waals surface area contributed by atoms with Gasteiger partial charge in [0.25, 0.3) is 0 Å². The molecule has 0 bridgehead atoms. The molecule has 2 aliphatic rings. The van der Waals surface area contributed by atoms with Gasteiger partial charge in [-0.3, -0.25) is 0 Å². The normalized spacial score (nSPS) is 22.7. The van der Waals surface area contributed by atoms with Gasteiger partial charge in [0.2, 0.25) is 0 Å². The summed E-state index contributed by atoms with van der Waals surface area (Å²) in [5, 5.41) is 23.2. The SMILES string of the molecule is Cc1ccc2c(c1)[C@@H]1c3cc(O)c(O)cc3CC[C@H]1CN2. The lowest BCUT2D eigenvalue weighted by atomic mass is 9.69. The molecule has 0 saturated carbocycles. The van der Waals surface area contributed by atoms with E-state index >= 15 is 0 Å². The Morgan fingerprint density at radius 2 is 1.86 bits per heavy atom. The second kappa shape index (κ2) is 4.42. The number of anilines is 1. The number of phenols is 2. The zero-order valence-corrected chi connectivity index (χ0v) is 12.1. The highest BCUT2D eigenvalue weighted by Crippen LogP contribution is 2.48. The minimum Gasteiger partial charge on any atom is -0.504 e. The molecule has 2 aromatic rings. The molecule has 4 rings (SSSR count). The van der Waals surface area contributed by atoms with E-state index in [1.54, 1.807) is 12.1 Å². The van der Waals surface area contributed by atoms with Gasteiger partial charge in [0.15, 0.2) is 11.5 Å². The van der Waals surface area contributed by atoms with Crippen molar-refractivity contribution in [3.63, 3.8) is 0 Å². The number of phenolic OH excluding ortho intramolecular Hbond substituents is 2. The second-order valence-electron chi connectivity index (χ2n) is 6.29. The van der Waals surface area contributed by atoms with E-state index in [0.717, 1.165) is 19.4 Å². The summed E-state index contributed by atoms with van der Waals surface area (Å²) in [7, 11) is 0. The average Bonchev–Trinajstić information content (AvgIpc) is 2.48. The highest BCUT2D eigenvalue weighted by Gasteiger charge is 2.35. The lowest BCUT2D eigenvalue weighted by molar-refractivity contribution is 0.389. The van der Waals surface area contributed by atoms with Crippen LogP contribution in [0.4, 0.5) is 5.69 Å². The number of aromatic hydroxyl groups is 2. The summed E-state index contributed by atoms with van der Waals surface area (Å²) >= 11 is 0. The van der Waals surface area contributed by atoms with Crippen molar-refractivity contribution in [3.8, 4) is 11.5 Å². The second-order valence-corrected chi connectivity index (χ2v) is 6.29. The van der Waals surface area contributed by atoms with Crippen LogP contribution in [0.15, 0.2) is 30.3 Å². The van der Waals surface area contributed by atoms with E-state index in [9.17, 15) is 10.2 Å². The molecule has 0 aromatic heterocycles. The molecule has 1 heterocycles. The third-order valence-electron chi connectivity index (χ3n) is 4.92. The number of aryl methyl sites for hydroxylation is 2. The maximum atomic E-state index is 9.90. The molecule has 3 heteroatoms. The van der Waals surface area contributed by atoms with Gasteiger partial charge in [0.05, 0.1) is 0 Å². The van der Waals surface area contributed by atoms with Crippen molar-refractivity contribution >= 4 is 5.69 Å². The molecule has 3 nitrogen and oxygen atoms in total. The average molecular weight is 281 g/mol. The third-order valence-corrected chi connectivity index (χ3v) is 4.92.